The summed E-state index contributed by atoms with van der Waals surface area (Å²) in [6, 6.07) is 19.8. The van der Waals surface area contributed by atoms with Crippen LogP contribution in [0.4, 0.5) is 18.9 Å². The molecule has 1 aliphatic heterocycles. The normalized spacial score (nSPS) is 18.8. The zero-order chi connectivity index (χ0) is 27.5. The summed E-state index contributed by atoms with van der Waals surface area (Å²) in [6.45, 7) is 4.27. The van der Waals surface area contributed by atoms with Gasteiger partial charge >= 0.3 is 6.18 Å². The number of carbonyl (C=O) groups excluding carboxylic acids is 1. The van der Waals surface area contributed by atoms with Crippen molar-refractivity contribution in [2.24, 2.45) is 0 Å². The van der Waals surface area contributed by atoms with Crippen LogP contribution >= 0.6 is 0 Å². The van der Waals surface area contributed by atoms with Crippen molar-refractivity contribution in [3.8, 4) is 0 Å². The Morgan fingerprint density at radius 1 is 0.947 bits per heavy atom. The van der Waals surface area contributed by atoms with E-state index in [2.05, 4.69) is 10.2 Å². The first-order valence-corrected chi connectivity index (χ1v) is 14.2. The Hall–Kier alpha value is -3.17. The molecule has 4 rings (SSSR count). The largest absolute Gasteiger partial charge is 0.416 e. The van der Waals surface area contributed by atoms with E-state index in [1.54, 1.807) is 19.1 Å². The Morgan fingerprint density at radius 3 is 2.11 bits per heavy atom. The monoisotopic (exact) mass is 544 g/mol. The first kappa shape index (κ1) is 27.9. The molecule has 2 unspecified atom stereocenters. The highest BCUT2D eigenvalue weighted by molar-refractivity contribution is 7.91. The number of halogens is 3. The van der Waals surface area contributed by atoms with Crippen molar-refractivity contribution in [2.45, 2.75) is 56.3 Å². The highest BCUT2D eigenvalue weighted by atomic mass is 32.2. The van der Waals surface area contributed by atoms with Gasteiger partial charge in [-0.2, -0.15) is 13.2 Å². The van der Waals surface area contributed by atoms with Crippen molar-refractivity contribution >= 4 is 21.4 Å². The lowest BCUT2D eigenvalue weighted by atomic mass is 9.80. The van der Waals surface area contributed by atoms with Crippen LogP contribution in [0.25, 0.3) is 0 Å². The average Bonchev–Trinajstić information content (AvgIpc) is 2.88. The SMILES string of the molecule is CCS(=O)(=O)c1ccc(C2C(c3ccc(NC(C)=O)cc3)CCCN2Cc2ccc(C(F)(F)F)cc2)cc1. The lowest BCUT2D eigenvalue weighted by Gasteiger charge is -2.42. The number of anilines is 1. The Morgan fingerprint density at radius 2 is 1.55 bits per heavy atom. The highest BCUT2D eigenvalue weighted by Gasteiger charge is 2.34. The summed E-state index contributed by atoms with van der Waals surface area (Å²) in [4.78, 5) is 13.9. The molecule has 1 amide bonds. The quantitative estimate of drug-likeness (QED) is 0.365. The van der Waals surface area contributed by atoms with Gasteiger partial charge in [-0.05, 0) is 72.5 Å². The van der Waals surface area contributed by atoms with Gasteiger partial charge in [-0.1, -0.05) is 43.3 Å². The number of nitrogens with zero attached hydrogens (tertiary/aromatic N) is 1. The van der Waals surface area contributed by atoms with Gasteiger partial charge in [0.05, 0.1) is 16.2 Å². The number of sulfone groups is 1. The highest BCUT2D eigenvalue weighted by Crippen LogP contribution is 2.44. The van der Waals surface area contributed by atoms with E-state index in [-0.39, 0.29) is 28.5 Å². The van der Waals surface area contributed by atoms with Crippen LogP contribution in [0.3, 0.4) is 0 Å². The third-order valence-corrected chi connectivity index (χ3v) is 8.77. The van der Waals surface area contributed by atoms with Crippen LogP contribution in [-0.2, 0) is 27.4 Å². The van der Waals surface area contributed by atoms with Crippen molar-refractivity contribution in [2.75, 3.05) is 17.6 Å². The van der Waals surface area contributed by atoms with Gasteiger partial charge in [-0.3, -0.25) is 9.69 Å². The Labute approximate surface area is 221 Å². The van der Waals surface area contributed by atoms with Gasteiger partial charge < -0.3 is 5.32 Å². The number of benzene rings is 3. The van der Waals surface area contributed by atoms with Gasteiger partial charge in [0.1, 0.15) is 0 Å². The second-order valence-electron chi connectivity index (χ2n) is 9.63. The summed E-state index contributed by atoms with van der Waals surface area (Å²) in [6.07, 6.45) is -2.60. The molecule has 1 fully saturated rings. The predicted octanol–water partition coefficient (Wildman–Crippen LogP) is 6.58. The molecule has 38 heavy (non-hydrogen) atoms. The van der Waals surface area contributed by atoms with E-state index >= 15 is 0 Å². The summed E-state index contributed by atoms with van der Waals surface area (Å²) < 4.78 is 63.9. The molecule has 0 spiro atoms. The van der Waals surface area contributed by atoms with Gasteiger partial charge in [0.15, 0.2) is 9.84 Å². The maximum Gasteiger partial charge on any atom is 0.416 e. The van der Waals surface area contributed by atoms with Gasteiger partial charge in [0.25, 0.3) is 0 Å². The van der Waals surface area contributed by atoms with E-state index < -0.39 is 21.6 Å². The summed E-state index contributed by atoms with van der Waals surface area (Å²) >= 11 is 0. The molecule has 1 N–H and O–H groups in total. The van der Waals surface area contributed by atoms with Gasteiger partial charge in [-0.15, -0.1) is 0 Å². The number of nitrogens with one attached hydrogen (secondary N) is 1. The van der Waals surface area contributed by atoms with Crippen molar-refractivity contribution in [1.29, 1.82) is 0 Å². The third-order valence-electron chi connectivity index (χ3n) is 7.02. The molecular formula is C29H31F3N2O3S. The maximum absolute atomic E-state index is 13.1. The molecule has 1 aliphatic rings. The number of likely N-dealkylation sites (tertiary alicyclic amines) is 1. The molecule has 5 nitrogen and oxygen atoms in total. The molecule has 3 aromatic carbocycles. The zero-order valence-corrected chi connectivity index (χ0v) is 22.1. The van der Waals surface area contributed by atoms with Gasteiger partial charge in [0.2, 0.25) is 5.91 Å². The second kappa shape index (κ2) is 11.3. The molecule has 0 bridgehead atoms. The summed E-state index contributed by atoms with van der Waals surface area (Å²) in [5.41, 5.74) is 2.81. The minimum Gasteiger partial charge on any atom is -0.326 e. The Balaban J connectivity index is 1.68. The lowest BCUT2D eigenvalue weighted by molar-refractivity contribution is -0.137. The molecule has 2 atom stereocenters. The standard InChI is InChI=1S/C29H31F3N2O3S/c1-3-38(36,37)26-16-10-23(11-17-26)28-27(22-8-14-25(15-9-22)33-20(2)35)5-4-18-34(28)19-21-6-12-24(13-7-21)29(30,31)32/h6-17,27-28H,3-5,18-19H2,1-2H3,(H,33,35). The van der Waals surface area contributed by atoms with Crippen molar-refractivity contribution in [1.82, 2.24) is 4.90 Å². The topological polar surface area (TPSA) is 66.5 Å². The molecule has 0 aliphatic carbocycles. The van der Waals surface area contributed by atoms with Crippen LogP contribution < -0.4 is 5.32 Å². The maximum atomic E-state index is 13.1. The molecule has 3 aromatic rings. The number of hydrogen-bond acceptors (Lipinski definition) is 4. The molecule has 0 aromatic heterocycles. The minimum absolute atomic E-state index is 0.0130. The van der Waals surface area contributed by atoms with Gasteiger partial charge in [0, 0.05) is 31.1 Å². The van der Waals surface area contributed by atoms with E-state index in [4.69, 9.17) is 0 Å². The fraction of sp³-hybridized carbons (Fsp3) is 0.345. The third kappa shape index (κ3) is 6.45. The molecule has 0 radical (unpaired) electrons. The van der Waals surface area contributed by atoms with E-state index in [0.717, 1.165) is 48.2 Å². The first-order chi connectivity index (χ1) is 18.0. The van der Waals surface area contributed by atoms with Crippen LogP contribution in [0.2, 0.25) is 0 Å². The molecule has 9 heteroatoms. The molecular weight excluding hydrogens is 513 g/mol. The Bertz CT molecular complexity index is 1350. The average molecular weight is 545 g/mol. The number of rotatable bonds is 7. The van der Waals surface area contributed by atoms with E-state index in [9.17, 15) is 26.4 Å². The zero-order valence-electron chi connectivity index (χ0n) is 21.3. The predicted molar refractivity (Wildman–Crippen MR) is 141 cm³/mol. The van der Waals surface area contributed by atoms with Crippen molar-refractivity contribution < 1.29 is 26.4 Å². The molecule has 202 valence electrons. The van der Waals surface area contributed by atoms with Crippen LogP contribution in [0.15, 0.2) is 77.7 Å². The number of hydrogen-bond donors (Lipinski definition) is 1. The fourth-order valence-electron chi connectivity index (χ4n) is 5.12. The number of alkyl halides is 3. The number of amides is 1. The van der Waals surface area contributed by atoms with E-state index in [0.29, 0.717) is 12.2 Å². The Kier molecular flexibility index (Phi) is 8.28. The number of carbonyl (C=O) groups is 1. The lowest BCUT2D eigenvalue weighted by Crippen LogP contribution is -2.37. The van der Waals surface area contributed by atoms with Crippen LogP contribution in [0.1, 0.15) is 60.9 Å². The molecule has 1 heterocycles. The minimum atomic E-state index is -4.39. The van der Waals surface area contributed by atoms with Crippen LogP contribution in [0, 0.1) is 0 Å². The van der Waals surface area contributed by atoms with Gasteiger partial charge in [-0.25, -0.2) is 8.42 Å². The van der Waals surface area contributed by atoms with E-state index in [1.165, 1.54) is 19.1 Å². The fourth-order valence-corrected chi connectivity index (χ4v) is 6.01. The van der Waals surface area contributed by atoms with E-state index in [1.807, 2.05) is 36.4 Å². The second-order valence-corrected chi connectivity index (χ2v) is 11.9. The van der Waals surface area contributed by atoms with Crippen LogP contribution in [0.5, 0.6) is 0 Å². The molecule has 0 saturated carbocycles. The smallest absolute Gasteiger partial charge is 0.326 e. The summed E-state index contributed by atoms with van der Waals surface area (Å²) in [7, 11) is -3.34. The van der Waals surface area contributed by atoms with Crippen LogP contribution in [-0.4, -0.2) is 31.5 Å². The van der Waals surface area contributed by atoms with Crippen molar-refractivity contribution in [3.05, 3.63) is 95.1 Å². The first-order valence-electron chi connectivity index (χ1n) is 12.6. The molecule has 1 saturated heterocycles. The summed E-state index contributed by atoms with van der Waals surface area (Å²) in [5.74, 6) is -0.0737. The van der Waals surface area contributed by atoms with Crippen molar-refractivity contribution in [3.63, 3.8) is 0 Å². The summed E-state index contributed by atoms with van der Waals surface area (Å²) in [5, 5.41) is 2.77. The number of piperidine rings is 1.